The highest BCUT2D eigenvalue weighted by atomic mass is 16.6. The van der Waals surface area contributed by atoms with E-state index in [2.05, 4.69) is 10.3 Å². The van der Waals surface area contributed by atoms with Crippen LogP contribution in [-0.2, 0) is 6.54 Å². The minimum Gasteiger partial charge on any atom is -0.477 e. The molecule has 0 radical (unpaired) electrons. The second-order valence-electron chi connectivity index (χ2n) is 4.02. The summed E-state index contributed by atoms with van der Waals surface area (Å²) in [6.45, 7) is 1.20. The number of nitro groups is 1. The summed E-state index contributed by atoms with van der Waals surface area (Å²) in [6.07, 6.45) is 5.13. The van der Waals surface area contributed by atoms with Crippen LogP contribution in [0, 0.1) is 10.1 Å². The van der Waals surface area contributed by atoms with E-state index in [1.54, 1.807) is 18.7 Å². The molecule has 0 aliphatic carbocycles. The zero-order valence-electron chi connectivity index (χ0n) is 10.4. The van der Waals surface area contributed by atoms with E-state index in [0.717, 1.165) is 0 Å². The van der Waals surface area contributed by atoms with Gasteiger partial charge in [-0.25, -0.2) is 9.78 Å². The van der Waals surface area contributed by atoms with E-state index in [1.807, 2.05) is 4.57 Å². The third kappa shape index (κ3) is 3.10. The molecule has 0 saturated heterocycles. The smallest absolute Gasteiger partial charge is 0.342 e. The summed E-state index contributed by atoms with van der Waals surface area (Å²) in [6, 6.07) is 3.93. The molecule has 0 amide bonds. The Morgan fingerprint density at radius 2 is 2.30 bits per heavy atom. The van der Waals surface area contributed by atoms with Crippen LogP contribution >= 0.6 is 0 Å². The number of hydrogen-bond acceptors (Lipinski definition) is 5. The number of nitrogens with zero attached hydrogens (tertiary/aromatic N) is 3. The molecule has 1 heterocycles. The van der Waals surface area contributed by atoms with Gasteiger partial charge in [0.2, 0.25) is 0 Å². The molecule has 1 aromatic carbocycles. The van der Waals surface area contributed by atoms with E-state index in [1.165, 1.54) is 18.2 Å². The maximum atomic E-state index is 11.0. The van der Waals surface area contributed by atoms with Crippen LogP contribution in [0.4, 0.5) is 11.4 Å². The molecule has 0 atom stereocenters. The van der Waals surface area contributed by atoms with E-state index in [9.17, 15) is 14.9 Å². The molecule has 0 fully saturated rings. The molecule has 8 nitrogen and oxygen atoms in total. The van der Waals surface area contributed by atoms with Gasteiger partial charge in [-0.3, -0.25) is 10.1 Å². The molecular formula is C12H12N4O4. The Morgan fingerprint density at radius 3 is 2.90 bits per heavy atom. The largest absolute Gasteiger partial charge is 0.477 e. The van der Waals surface area contributed by atoms with Gasteiger partial charge in [0.1, 0.15) is 5.56 Å². The SMILES string of the molecule is O=C(O)c1cc(NCCn2ccnc2)ccc1[N+](=O)[O-]. The molecule has 2 N–H and O–H groups in total. The van der Waals surface area contributed by atoms with Crippen molar-refractivity contribution < 1.29 is 14.8 Å². The highest BCUT2D eigenvalue weighted by molar-refractivity contribution is 5.93. The maximum absolute atomic E-state index is 11.0. The second-order valence-corrected chi connectivity index (χ2v) is 4.02. The van der Waals surface area contributed by atoms with Crippen LogP contribution < -0.4 is 5.32 Å². The van der Waals surface area contributed by atoms with Gasteiger partial charge >= 0.3 is 5.97 Å². The fourth-order valence-electron chi connectivity index (χ4n) is 1.72. The monoisotopic (exact) mass is 276 g/mol. The van der Waals surface area contributed by atoms with Crippen LogP contribution in [0.15, 0.2) is 36.9 Å². The molecule has 0 aliphatic heterocycles. The third-order valence-electron chi connectivity index (χ3n) is 2.68. The molecule has 0 unspecified atom stereocenters. The summed E-state index contributed by atoms with van der Waals surface area (Å²) in [5.41, 5.74) is -0.228. The van der Waals surface area contributed by atoms with Crippen molar-refractivity contribution in [2.24, 2.45) is 0 Å². The zero-order valence-corrected chi connectivity index (χ0v) is 10.4. The van der Waals surface area contributed by atoms with Crippen molar-refractivity contribution in [2.45, 2.75) is 6.54 Å². The summed E-state index contributed by atoms with van der Waals surface area (Å²) in [5.74, 6) is -1.32. The summed E-state index contributed by atoms with van der Waals surface area (Å²) in [4.78, 5) is 24.9. The third-order valence-corrected chi connectivity index (χ3v) is 2.68. The molecule has 2 aromatic rings. The van der Waals surface area contributed by atoms with Crippen LogP contribution in [0.1, 0.15) is 10.4 Å². The summed E-state index contributed by atoms with van der Waals surface area (Å²) < 4.78 is 1.86. The summed E-state index contributed by atoms with van der Waals surface area (Å²) in [7, 11) is 0. The van der Waals surface area contributed by atoms with Crippen molar-refractivity contribution in [2.75, 3.05) is 11.9 Å². The van der Waals surface area contributed by atoms with Crippen molar-refractivity contribution >= 4 is 17.3 Å². The predicted molar refractivity (Wildman–Crippen MR) is 70.8 cm³/mol. The van der Waals surface area contributed by atoms with E-state index in [0.29, 0.717) is 18.8 Å². The number of benzene rings is 1. The van der Waals surface area contributed by atoms with Gasteiger partial charge in [-0.15, -0.1) is 0 Å². The zero-order chi connectivity index (χ0) is 14.5. The standard InChI is InChI=1S/C12H12N4O4/c17-12(18)10-7-9(1-2-11(10)16(19)20)14-4-6-15-5-3-13-8-15/h1-3,5,7-8,14H,4,6H2,(H,17,18). The van der Waals surface area contributed by atoms with Gasteiger partial charge in [-0.2, -0.15) is 0 Å². The lowest BCUT2D eigenvalue weighted by atomic mass is 10.1. The Balaban J connectivity index is 2.07. The van der Waals surface area contributed by atoms with E-state index in [-0.39, 0.29) is 5.56 Å². The van der Waals surface area contributed by atoms with Gasteiger partial charge in [-0.1, -0.05) is 0 Å². The van der Waals surface area contributed by atoms with Crippen LogP contribution in [-0.4, -0.2) is 32.1 Å². The fraction of sp³-hybridized carbons (Fsp3) is 0.167. The molecule has 8 heteroatoms. The molecule has 0 bridgehead atoms. The molecule has 0 saturated carbocycles. The minimum atomic E-state index is -1.32. The first-order chi connectivity index (χ1) is 9.58. The fourth-order valence-corrected chi connectivity index (χ4v) is 1.72. The Morgan fingerprint density at radius 1 is 1.50 bits per heavy atom. The Kier molecular flexibility index (Phi) is 3.94. The molecule has 2 rings (SSSR count). The van der Waals surface area contributed by atoms with Crippen molar-refractivity contribution in [1.29, 1.82) is 0 Å². The summed E-state index contributed by atoms with van der Waals surface area (Å²) >= 11 is 0. The van der Waals surface area contributed by atoms with E-state index < -0.39 is 16.6 Å². The van der Waals surface area contributed by atoms with Gasteiger partial charge in [0.05, 0.1) is 11.3 Å². The van der Waals surface area contributed by atoms with Crippen molar-refractivity contribution in [3.05, 3.63) is 52.6 Å². The predicted octanol–water partition coefficient (Wildman–Crippen LogP) is 1.60. The number of nitro benzene ring substituents is 1. The average molecular weight is 276 g/mol. The van der Waals surface area contributed by atoms with Crippen molar-refractivity contribution in [3.63, 3.8) is 0 Å². The number of carboxylic acid groups (broad SMARTS) is 1. The second kappa shape index (κ2) is 5.83. The number of carboxylic acids is 1. The van der Waals surface area contributed by atoms with Crippen molar-refractivity contribution in [1.82, 2.24) is 9.55 Å². The quantitative estimate of drug-likeness (QED) is 0.612. The number of hydrogen-bond donors (Lipinski definition) is 2. The lowest BCUT2D eigenvalue weighted by Crippen LogP contribution is -2.10. The average Bonchev–Trinajstić information content (AvgIpc) is 2.91. The molecule has 1 aromatic heterocycles. The highest BCUT2D eigenvalue weighted by Gasteiger charge is 2.19. The molecule has 20 heavy (non-hydrogen) atoms. The van der Waals surface area contributed by atoms with Gasteiger partial charge < -0.3 is 15.0 Å². The number of aromatic carboxylic acids is 1. The summed E-state index contributed by atoms with van der Waals surface area (Å²) in [5, 5.41) is 22.7. The van der Waals surface area contributed by atoms with Gasteiger partial charge in [0.25, 0.3) is 5.69 Å². The number of aromatic nitrogens is 2. The van der Waals surface area contributed by atoms with E-state index in [4.69, 9.17) is 5.11 Å². The molecule has 0 spiro atoms. The first-order valence-corrected chi connectivity index (χ1v) is 5.79. The molecule has 104 valence electrons. The van der Waals surface area contributed by atoms with Gasteiger partial charge in [-0.05, 0) is 12.1 Å². The first kappa shape index (κ1) is 13.5. The van der Waals surface area contributed by atoms with Gasteiger partial charge in [0.15, 0.2) is 0 Å². The number of imidazole rings is 1. The number of anilines is 1. The lowest BCUT2D eigenvalue weighted by Gasteiger charge is -2.08. The Hall–Kier alpha value is -2.90. The minimum absolute atomic E-state index is 0.331. The van der Waals surface area contributed by atoms with Crippen LogP contribution in [0.25, 0.3) is 0 Å². The molecular weight excluding hydrogens is 264 g/mol. The van der Waals surface area contributed by atoms with Crippen LogP contribution in [0.3, 0.4) is 0 Å². The Labute approximate surface area is 113 Å². The van der Waals surface area contributed by atoms with Crippen molar-refractivity contribution in [3.8, 4) is 0 Å². The highest BCUT2D eigenvalue weighted by Crippen LogP contribution is 2.22. The van der Waals surface area contributed by atoms with Crippen LogP contribution in [0.2, 0.25) is 0 Å². The maximum Gasteiger partial charge on any atom is 0.342 e. The molecule has 0 aliphatic rings. The van der Waals surface area contributed by atoms with E-state index >= 15 is 0 Å². The lowest BCUT2D eigenvalue weighted by molar-refractivity contribution is -0.385. The first-order valence-electron chi connectivity index (χ1n) is 5.79. The Bertz CT molecular complexity index is 624. The van der Waals surface area contributed by atoms with Gasteiger partial charge in [0, 0.05) is 37.2 Å². The number of rotatable bonds is 6. The number of nitrogens with one attached hydrogen (secondary N) is 1. The number of carbonyl (C=O) groups is 1. The normalized spacial score (nSPS) is 10.2. The van der Waals surface area contributed by atoms with Crippen LogP contribution in [0.5, 0.6) is 0 Å². The topological polar surface area (TPSA) is 110 Å².